The number of hydrogen-bond acceptors (Lipinski definition) is 3. The third-order valence-electron chi connectivity index (χ3n) is 5.14. The highest BCUT2D eigenvalue weighted by molar-refractivity contribution is 5.97. The number of nitrogens with one attached hydrogen (secondary N) is 1. The topological polar surface area (TPSA) is 86.7 Å². The van der Waals surface area contributed by atoms with Crippen LogP contribution in [0.5, 0.6) is 0 Å². The summed E-state index contributed by atoms with van der Waals surface area (Å²) in [5.74, 6) is -0.776. The molecule has 1 aliphatic heterocycles. The van der Waals surface area contributed by atoms with Crippen LogP contribution in [-0.4, -0.2) is 40.9 Å². The van der Waals surface area contributed by atoms with Gasteiger partial charge in [-0.3, -0.25) is 14.4 Å². The fraction of sp³-hybridized carbons (Fsp3) is 0.526. The van der Waals surface area contributed by atoms with Crippen LogP contribution >= 0.6 is 0 Å². The Hall–Kier alpha value is -2.37. The number of anilines is 1. The predicted octanol–water partition coefficient (Wildman–Crippen LogP) is 2.46. The summed E-state index contributed by atoms with van der Waals surface area (Å²) in [6.07, 6.45) is 1.53. The minimum absolute atomic E-state index is 0.0285. The molecule has 2 aliphatic rings. The van der Waals surface area contributed by atoms with Crippen molar-refractivity contribution in [1.29, 1.82) is 0 Å². The summed E-state index contributed by atoms with van der Waals surface area (Å²) in [5.41, 5.74) is 1.19. The lowest BCUT2D eigenvalue weighted by Gasteiger charge is -2.34. The van der Waals surface area contributed by atoms with Gasteiger partial charge in [0.2, 0.25) is 5.91 Å². The second-order valence-corrected chi connectivity index (χ2v) is 7.47. The lowest BCUT2D eigenvalue weighted by molar-refractivity contribution is -0.143. The molecule has 6 nitrogen and oxygen atoms in total. The van der Waals surface area contributed by atoms with E-state index in [9.17, 15) is 19.5 Å². The van der Waals surface area contributed by atoms with Gasteiger partial charge in [-0.25, -0.2) is 0 Å². The van der Waals surface area contributed by atoms with Crippen LogP contribution in [0.2, 0.25) is 0 Å². The van der Waals surface area contributed by atoms with E-state index in [1.54, 1.807) is 29.2 Å². The second-order valence-electron chi connectivity index (χ2n) is 7.47. The molecule has 0 aromatic heterocycles. The number of piperidine rings is 1. The summed E-state index contributed by atoms with van der Waals surface area (Å²) >= 11 is 0. The number of carboxylic acid groups (broad SMARTS) is 1. The van der Waals surface area contributed by atoms with E-state index in [2.05, 4.69) is 12.2 Å². The summed E-state index contributed by atoms with van der Waals surface area (Å²) in [6, 6.07) is 6.81. The van der Waals surface area contributed by atoms with Gasteiger partial charge in [-0.2, -0.15) is 0 Å². The quantitative estimate of drug-likeness (QED) is 0.878. The Labute approximate surface area is 147 Å². The molecule has 1 saturated carbocycles. The minimum Gasteiger partial charge on any atom is -0.481 e. The molecule has 2 N–H and O–H groups in total. The van der Waals surface area contributed by atoms with E-state index in [4.69, 9.17) is 0 Å². The van der Waals surface area contributed by atoms with Gasteiger partial charge in [0.25, 0.3) is 5.91 Å². The number of amides is 2. The molecule has 0 spiro atoms. The average Bonchev–Trinajstić information content (AvgIpc) is 3.31. The number of likely N-dealkylation sites (tertiary alicyclic amines) is 1. The molecule has 0 bridgehead atoms. The summed E-state index contributed by atoms with van der Waals surface area (Å²) in [6.45, 7) is 4.83. The Balaban J connectivity index is 1.64. The van der Waals surface area contributed by atoms with Crippen molar-refractivity contribution in [3.8, 4) is 0 Å². The van der Waals surface area contributed by atoms with Crippen LogP contribution in [0.1, 0.15) is 37.0 Å². The van der Waals surface area contributed by atoms with E-state index >= 15 is 0 Å². The van der Waals surface area contributed by atoms with E-state index in [0.717, 1.165) is 6.42 Å². The third kappa shape index (κ3) is 4.00. The maximum Gasteiger partial charge on any atom is 0.308 e. The van der Waals surface area contributed by atoms with Crippen molar-refractivity contribution in [2.24, 2.45) is 23.7 Å². The van der Waals surface area contributed by atoms with Gasteiger partial charge in [0, 0.05) is 30.3 Å². The molecule has 6 heteroatoms. The van der Waals surface area contributed by atoms with E-state index in [1.807, 2.05) is 6.92 Å². The second kappa shape index (κ2) is 6.86. The van der Waals surface area contributed by atoms with Crippen molar-refractivity contribution < 1.29 is 19.5 Å². The molecular weight excluding hydrogens is 320 g/mol. The Kier molecular flexibility index (Phi) is 4.79. The highest BCUT2D eigenvalue weighted by Crippen LogP contribution is 2.38. The van der Waals surface area contributed by atoms with Gasteiger partial charge in [0.1, 0.15) is 0 Å². The minimum atomic E-state index is -0.850. The van der Waals surface area contributed by atoms with Crippen molar-refractivity contribution in [2.45, 2.75) is 26.7 Å². The Morgan fingerprint density at radius 1 is 1.08 bits per heavy atom. The van der Waals surface area contributed by atoms with E-state index in [1.165, 1.54) is 0 Å². The van der Waals surface area contributed by atoms with E-state index in [0.29, 0.717) is 30.1 Å². The highest BCUT2D eigenvalue weighted by Gasteiger charge is 2.39. The molecule has 1 aliphatic carbocycles. The molecule has 3 rings (SSSR count). The predicted molar refractivity (Wildman–Crippen MR) is 93.2 cm³/mol. The van der Waals surface area contributed by atoms with Crippen LogP contribution in [0.3, 0.4) is 0 Å². The molecule has 1 saturated heterocycles. The number of benzene rings is 1. The summed E-state index contributed by atoms with van der Waals surface area (Å²) < 4.78 is 0. The van der Waals surface area contributed by atoms with Gasteiger partial charge in [0.15, 0.2) is 0 Å². The van der Waals surface area contributed by atoms with Crippen molar-refractivity contribution in [3.63, 3.8) is 0 Å². The number of carboxylic acids is 1. The molecule has 4 atom stereocenters. The number of nitrogens with zero attached hydrogens (tertiary/aromatic N) is 1. The van der Waals surface area contributed by atoms with Gasteiger partial charge in [-0.05, 0) is 48.9 Å². The molecule has 1 heterocycles. The third-order valence-corrected chi connectivity index (χ3v) is 5.14. The van der Waals surface area contributed by atoms with Gasteiger partial charge in [-0.1, -0.05) is 13.8 Å². The van der Waals surface area contributed by atoms with Crippen LogP contribution in [0, 0.1) is 23.7 Å². The van der Waals surface area contributed by atoms with Crippen LogP contribution in [0.25, 0.3) is 0 Å². The zero-order chi connectivity index (χ0) is 18.1. The number of carbonyl (C=O) groups excluding carboxylic acids is 2. The lowest BCUT2D eigenvalue weighted by Crippen LogP contribution is -2.45. The standard InChI is InChI=1S/C19H24N2O4/c1-11-7-14(19(24)25)10-21(9-11)18(23)13-3-5-15(6-4-13)20-17(22)16-8-12(16)2/h3-6,11-12,14,16H,7-10H2,1-2H3,(H,20,22)(H,24,25). The molecule has 134 valence electrons. The molecule has 0 radical (unpaired) electrons. The van der Waals surface area contributed by atoms with Crippen LogP contribution in [0.15, 0.2) is 24.3 Å². The van der Waals surface area contributed by atoms with Crippen LogP contribution < -0.4 is 5.32 Å². The molecule has 2 fully saturated rings. The van der Waals surface area contributed by atoms with Crippen LogP contribution in [-0.2, 0) is 9.59 Å². The van der Waals surface area contributed by atoms with Crippen molar-refractivity contribution >= 4 is 23.5 Å². The number of rotatable bonds is 4. The maximum absolute atomic E-state index is 12.7. The molecule has 25 heavy (non-hydrogen) atoms. The van der Waals surface area contributed by atoms with Crippen molar-refractivity contribution in [1.82, 2.24) is 4.90 Å². The van der Waals surface area contributed by atoms with Crippen molar-refractivity contribution in [3.05, 3.63) is 29.8 Å². The van der Waals surface area contributed by atoms with Crippen molar-refractivity contribution in [2.75, 3.05) is 18.4 Å². The zero-order valence-electron chi connectivity index (χ0n) is 14.6. The van der Waals surface area contributed by atoms with Crippen LogP contribution in [0.4, 0.5) is 5.69 Å². The largest absolute Gasteiger partial charge is 0.481 e. The first-order valence-corrected chi connectivity index (χ1v) is 8.78. The summed E-state index contributed by atoms with van der Waals surface area (Å²) in [5, 5.41) is 12.1. The molecular formula is C19H24N2O4. The van der Waals surface area contributed by atoms with Gasteiger partial charge in [-0.15, -0.1) is 0 Å². The van der Waals surface area contributed by atoms with Gasteiger partial charge in [0.05, 0.1) is 5.92 Å². The SMILES string of the molecule is CC1CC(C(=O)O)CN(C(=O)c2ccc(NC(=O)C3CC3C)cc2)C1. The summed E-state index contributed by atoms with van der Waals surface area (Å²) in [4.78, 5) is 37.5. The smallest absolute Gasteiger partial charge is 0.308 e. The Bertz CT molecular complexity index is 685. The maximum atomic E-state index is 12.7. The number of aliphatic carboxylic acids is 1. The van der Waals surface area contributed by atoms with E-state index < -0.39 is 11.9 Å². The highest BCUT2D eigenvalue weighted by atomic mass is 16.4. The fourth-order valence-electron chi connectivity index (χ4n) is 3.50. The van der Waals surface area contributed by atoms with Gasteiger partial charge < -0.3 is 15.3 Å². The fourth-order valence-corrected chi connectivity index (χ4v) is 3.50. The summed E-state index contributed by atoms with van der Waals surface area (Å²) in [7, 11) is 0. The Morgan fingerprint density at radius 2 is 1.72 bits per heavy atom. The lowest BCUT2D eigenvalue weighted by atomic mass is 9.90. The number of carbonyl (C=O) groups is 3. The average molecular weight is 344 g/mol. The first kappa shape index (κ1) is 17.5. The normalized spacial score (nSPS) is 28.3. The van der Waals surface area contributed by atoms with Gasteiger partial charge >= 0.3 is 5.97 Å². The molecule has 1 aromatic rings. The zero-order valence-corrected chi connectivity index (χ0v) is 14.6. The number of hydrogen-bond donors (Lipinski definition) is 2. The first-order valence-electron chi connectivity index (χ1n) is 8.78. The first-order chi connectivity index (χ1) is 11.8. The monoisotopic (exact) mass is 344 g/mol. The van der Waals surface area contributed by atoms with E-state index in [-0.39, 0.29) is 30.2 Å². The molecule has 1 aromatic carbocycles. The molecule has 2 amide bonds. The molecule has 4 unspecified atom stereocenters. The Morgan fingerprint density at radius 3 is 2.28 bits per heavy atom.